The third-order valence-electron chi connectivity index (χ3n) is 3.40. The predicted molar refractivity (Wildman–Crippen MR) is 87.7 cm³/mol. The zero-order chi connectivity index (χ0) is 15.9. The molecule has 0 heterocycles. The van der Waals surface area contributed by atoms with Crippen LogP contribution in [0.4, 0.5) is 5.69 Å². The minimum absolute atomic E-state index is 0.0464. The molecule has 2 rings (SSSR count). The summed E-state index contributed by atoms with van der Waals surface area (Å²) < 4.78 is 0. The molecule has 4 nitrogen and oxygen atoms in total. The Hall–Kier alpha value is -2.62. The number of anilines is 1. The smallest absolute Gasteiger partial charge is 0.251 e. The average Bonchev–Trinajstić information content (AvgIpc) is 2.56. The lowest BCUT2D eigenvalue weighted by atomic mass is 10.1. The average molecular weight is 296 g/mol. The molecule has 0 aromatic heterocycles. The first-order chi connectivity index (χ1) is 10.6. The lowest BCUT2D eigenvalue weighted by Crippen LogP contribution is -2.26. The number of hydrogen-bond acceptors (Lipinski definition) is 2. The molecule has 0 aliphatic rings. The summed E-state index contributed by atoms with van der Waals surface area (Å²) in [5.74, 6) is -0.181. The fraction of sp³-hybridized carbons (Fsp3) is 0.222. The zero-order valence-electron chi connectivity index (χ0n) is 12.8. The molecule has 1 atom stereocenters. The summed E-state index contributed by atoms with van der Waals surface area (Å²) in [7, 11) is 0. The molecule has 4 heteroatoms. The lowest BCUT2D eigenvalue weighted by Gasteiger charge is -2.14. The number of benzene rings is 2. The van der Waals surface area contributed by atoms with Crippen molar-refractivity contribution in [2.45, 2.75) is 26.3 Å². The molecule has 22 heavy (non-hydrogen) atoms. The van der Waals surface area contributed by atoms with Crippen molar-refractivity contribution in [1.82, 2.24) is 5.32 Å². The molecule has 0 aliphatic carbocycles. The van der Waals surface area contributed by atoms with E-state index in [0.717, 1.165) is 5.56 Å². The van der Waals surface area contributed by atoms with Crippen LogP contribution in [0, 0.1) is 0 Å². The molecule has 0 radical (unpaired) electrons. The van der Waals surface area contributed by atoms with Crippen LogP contribution in [0.5, 0.6) is 0 Å². The largest absolute Gasteiger partial charge is 0.346 e. The highest BCUT2D eigenvalue weighted by Crippen LogP contribution is 2.14. The van der Waals surface area contributed by atoms with E-state index < -0.39 is 0 Å². The van der Waals surface area contributed by atoms with Crippen LogP contribution < -0.4 is 10.6 Å². The van der Waals surface area contributed by atoms with Crippen LogP contribution in [0.25, 0.3) is 0 Å². The van der Waals surface area contributed by atoms with Crippen LogP contribution in [-0.2, 0) is 4.79 Å². The van der Waals surface area contributed by atoms with E-state index in [1.165, 1.54) is 0 Å². The van der Waals surface area contributed by atoms with Crippen molar-refractivity contribution in [2.24, 2.45) is 0 Å². The standard InChI is InChI=1S/C18H20N2O2/c1-3-17(21)20-16-11-9-15(10-12-16)18(22)19-13(2)14-7-5-4-6-8-14/h4-13H,3H2,1-2H3,(H,19,22)(H,20,21)/t13-/m1/s1. The summed E-state index contributed by atoms with van der Waals surface area (Å²) in [5.41, 5.74) is 2.32. The fourth-order valence-corrected chi connectivity index (χ4v) is 2.06. The molecule has 0 saturated carbocycles. The number of carbonyl (C=O) groups excluding carboxylic acids is 2. The van der Waals surface area contributed by atoms with Gasteiger partial charge < -0.3 is 10.6 Å². The second-order valence-corrected chi connectivity index (χ2v) is 5.08. The topological polar surface area (TPSA) is 58.2 Å². The molecule has 2 amide bonds. The minimum Gasteiger partial charge on any atom is -0.346 e. The van der Waals surface area contributed by atoms with Crippen molar-refractivity contribution in [2.75, 3.05) is 5.32 Å². The highest BCUT2D eigenvalue weighted by atomic mass is 16.2. The Morgan fingerprint density at radius 1 is 1.00 bits per heavy atom. The van der Waals surface area contributed by atoms with Crippen LogP contribution in [0.1, 0.15) is 42.2 Å². The molecular formula is C18H20N2O2. The van der Waals surface area contributed by atoms with Crippen molar-refractivity contribution in [3.63, 3.8) is 0 Å². The number of nitrogens with one attached hydrogen (secondary N) is 2. The van der Waals surface area contributed by atoms with Gasteiger partial charge in [-0.2, -0.15) is 0 Å². The predicted octanol–water partition coefficient (Wildman–Crippen LogP) is 3.53. The van der Waals surface area contributed by atoms with E-state index in [4.69, 9.17) is 0 Å². The van der Waals surface area contributed by atoms with E-state index in [1.54, 1.807) is 31.2 Å². The number of amides is 2. The SMILES string of the molecule is CCC(=O)Nc1ccc(C(=O)N[C@H](C)c2ccccc2)cc1. The van der Waals surface area contributed by atoms with Crippen LogP contribution in [-0.4, -0.2) is 11.8 Å². The normalized spacial score (nSPS) is 11.5. The van der Waals surface area contributed by atoms with Crippen molar-refractivity contribution in [3.05, 3.63) is 65.7 Å². The van der Waals surface area contributed by atoms with E-state index in [2.05, 4.69) is 10.6 Å². The Balaban J connectivity index is 1.99. The first kappa shape index (κ1) is 15.8. The van der Waals surface area contributed by atoms with Gasteiger partial charge in [0.1, 0.15) is 0 Å². The molecule has 2 aromatic carbocycles. The molecule has 2 N–H and O–H groups in total. The van der Waals surface area contributed by atoms with Gasteiger partial charge in [-0.25, -0.2) is 0 Å². The summed E-state index contributed by atoms with van der Waals surface area (Å²) in [4.78, 5) is 23.5. The second-order valence-electron chi connectivity index (χ2n) is 5.08. The van der Waals surface area contributed by atoms with Gasteiger partial charge in [0.15, 0.2) is 0 Å². The van der Waals surface area contributed by atoms with E-state index >= 15 is 0 Å². The van der Waals surface area contributed by atoms with Gasteiger partial charge in [-0.15, -0.1) is 0 Å². The van der Waals surface area contributed by atoms with E-state index in [1.807, 2.05) is 37.3 Å². The zero-order valence-corrected chi connectivity index (χ0v) is 12.8. The van der Waals surface area contributed by atoms with Gasteiger partial charge >= 0.3 is 0 Å². The van der Waals surface area contributed by atoms with Crippen LogP contribution >= 0.6 is 0 Å². The quantitative estimate of drug-likeness (QED) is 0.887. The summed E-state index contributed by atoms with van der Waals surface area (Å²) in [6, 6.07) is 16.6. The van der Waals surface area contributed by atoms with Gasteiger partial charge in [-0.1, -0.05) is 37.3 Å². The van der Waals surface area contributed by atoms with Crippen molar-refractivity contribution in [1.29, 1.82) is 0 Å². The maximum absolute atomic E-state index is 12.2. The third-order valence-corrected chi connectivity index (χ3v) is 3.40. The molecular weight excluding hydrogens is 276 g/mol. The minimum atomic E-state index is -0.135. The van der Waals surface area contributed by atoms with Gasteiger partial charge in [-0.3, -0.25) is 9.59 Å². The fourth-order valence-electron chi connectivity index (χ4n) is 2.06. The van der Waals surface area contributed by atoms with Gasteiger partial charge in [-0.05, 0) is 36.8 Å². The van der Waals surface area contributed by atoms with E-state index in [0.29, 0.717) is 17.7 Å². The van der Waals surface area contributed by atoms with Crippen LogP contribution in [0.2, 0.25) is 0 Å². The number of rotatable bonds is 5. The third kappa shape index (κ3) is 4.19. The second kappa shape index (κ2) is 7.41. The molecule has 0 saturated heterocycles. The highest BCUT2D eigenvalue weighted by Gasteiger charge is 2.11. The molecule has 0 unspecified atom stereocenters. The Labute approximate surface area is 130 Å². The van der Waals surface area contributed by atoms with E-state index in [-0.39, 0.29) is 17.9 Å². The number of carbonyl (C=O) groups is 2. The Morgan fingerprint density at radius 2 is 1.64 bits per heavy atom. The monoisotopic (exact) mass is 296 g/mol. The highest BCUT2D eigenvalue weighted by molar-refractivity contribution is 5.95. The van der Waals surface area contributed by atoms with Gasteiger partial charge in [0, 0.05) is 17.7 Å². The van der Waals surface area contributed by atoms with Crippen molar-refractivity contribution < 1.29 is 9.59 Å². The van der Waals surface area contributed by atoms with E-state index in [9.17, 15) is 9.59 Å². The molecule has 2 aromatic rings. The molecule has 0 bridgehead atoms. The number of hydrogen-bond donors (Lipinski definition) is 2. The van der Waals surface area contributed by atoms with Crippen molar-refractivity contribution in [3.8, 4) is 0 Å². The molecule has 114 valence electrons. The Kier molecular flexibility index (Phi) is 5.31. The molecule has 0 aliphatic heterocycles. The van der Waals surface area contributed by atoms with Gasteiger partial charge in [0.25, 0.3) is 5.91 Å². The van der Waals surface area contributed by atoms with Crippen LogP contribution in [0.15, 0.2) is 54.6 Å². The summed E-state index contributed by atoms with van der Waals surface area (Å²) in [5, 5.41) is 5.71. The maximum atomic E-state index is 12.2. The molecule has 0 spiro atoms. The Morgan fingerprint density at radius 3 is 2.23 bits per heavy atom. The molecule has 0 fully saturated rings. The summed E-state index contributed by atoms with van der Waals surface area (Å²) in [6.45, 7) is 3.74. The first-order valence-electron chi connectivity index (χ1n) is 7.36. The first-order valence-corrected chi connectivity index (χ1v) is 7.36. The van der Waals surface area contributed by atoms with Gasteiger partial charge in [0.05, 0.1) is 6.04 Å². The van der Waals surface area contributed by atoms with Gasteiger partial charge in [0.2, 0.25) is 5.91 Å². The maximum Gasteiger partial charge on any atom is 0.251 e. The Bertz CT molecular complexity index is 636. The summed E-state index contributed by atoms with van der Waals surface area (Å²) >= 11 is 0. The summed E-state index contributed by atoms with van der Waals surface area (Å²) in [6.07, 6.45) is 0.427. The lowest BCUT2D eigenvalue weighted by molar-refractivity contribution is -0.115. The van der Waals surface area contributed by atoms with Crippen molar-refractivity contribution >= 4 is 17.5 Å². The van der Waals surface area contributed by atoms with Crippen LogP contribution in [0.3, 0.4) is 0 Å².